The molecule has 0 aliphatic carbocycles. The molecular weight excluding hydrogens is 1360 g/mol. The summed E-state index contributed by atoms with van der Waals surface area (Å²) in [5.74, 6) is 0. The van der Waals surface area contributed by atoms with Crippen LogP contribution in [0.5, 0.6) is 0 Å². The lowest BCUT2D eigenvalue weighted by atomic mass is 9.98. The van der Waals surface area contributed by atoms with E-state index < -0.39 is 34.3 Å². The monoisotopic (exact) mass is 1460 g/mol. The van der Waals surface area contributed by atoms with Gasteiger partial charge in [0.2, 0.25) is 39.9 Å². The zero-order chi connectivity index (χ0) is 88.8. The van der Waals surface area contributed by atoms with Gasteiger partial charge >= 0.3 is 0 Å². The second-order valence-electron chi connectivity index (χ2n) is 27.5. The van der Waals surface area contributed by atoms with Gasteiger partial charge in [0.05, 0.1) is 44.8 Å². The molecule has 0 amide bonds. The van der Waals surface area contributed by atoms with Crippen molar-refractivity contribution >= 4 is 110 Å². The van der Waals surface area contributed by atoms with E-state index in [-0.39, 0.29) is 0 Å². The van der Waals surface area contributed by atoms with Crippen molar-refractivity contribution in [2.24, 2.45) is 35.2 Å². The molecule has 0 fully saturated rings. The van der Waals surface area contributed by atoms with E-state index in [1.54, 1.807) is 105 Å². The van der Waals surface area contributed by atoms with E-state index in [1.165, 1.54) is 0 Å². The van der Waals surface area contributed by atoms with Crippen LogP contribution in [-0.4, -0.2) is 24.9 Å². The quantitative estimate of drug-likeness (QED) is 0.152. The Balaban J connectivity index is 0.000000115. The standard InChI is InChI=1S/5C19H17N2O/c1-12-4-6-15(21(3)11-12)18-13(2)5-7-17-19(18)14-10-20-9-8-16(14)22-17;1-12-4-6-15(21(3)11-12)18-13(2)5-7-16-19(18)14-8-9-20-10-17(14)22-16;1-12-6-8-14(21(3)11-12)17-13(2)7-9-15-18(17)19-16(22-15)5-4-10-20-19;1-12-6-8-15(21(3)11-12)17-13(2)7-9-16-18(17)14-5-4-10-20-19(14)22-16;1-12-8-9-15(21(3)11-12)17-13(2)10-20-19-18(17)14-6-4-5-7-16(14)22-19/h5*4-11H,1-3H3/q5*+1/i5*1D3. The lowest BCUT2D eigenvalue weighted by molar-refractivity contribution is -0.660. The van der Waals surface area contributed by atoms with Crippen LogP contribution in [0.15, 0.2) is 266 Å². The first-order chi connectivity index (χ1) is 59.3. The molecule has 15 aromatic heterocycles. The Labute approximate surface area is 658 Å². The van der Waals surface area contributed by atoms with Crippen molar-refractivity contribution in [3.63, 3.8) is 0 Å². The summed E-state index contributed by atoms with van der Waals surface area (Å²) in [5.41, 5.74) is 25.0. The van der Waals surface area contributed by atoms with Gasteiger partial charge in [-0.2, -0.15) is 0 Å². The van der Waals surface area contributed by atoms with Crippen LogP contribution in [-0.2, 0) is 35.2 Å². The van der Waals surface area contributed by atoms with Gasteiger partial charge in [-0.05, 0) is 194 Å². The highest BCUT2D eigenvalue weighted by atomic mass is 16.4. The first-order valence-corrected chi connectivity index (χ1v) is 35.7. The summed E-state index contributed by atoms with van der Waals surface area (Å²) in [6, 6.07) is 52.8. The Morgan fingerprint density at radius 3 is 1.17 bits per heavy atom. The second-order valence-corrected chi connectivity index (χ2v) is 27.5. The molecule has 20 rings (SSSR count). The average Bonchev–Trinajstić information content (AvgIpc) is 1.64. The van der Waals surface area contributed by atoms with Gasteiger partial charge in [-0.15, -0.1) is 0 Å². The lowest BCUT2D eigenvalue weighted by Crippen LogP contribution is -2.31. The molecular formula is C95H85N10O5+5. The zero-order valence-corrected chi connectivity index (χ0v) is 62.1. The number of aryl methyl sites for hydroxylation is 15. The van der Waals surface area contributed by atoms with Gasteiger partial charge in [0, 0.05) is 154 Å². The Kier molecular flexibility index (Phi) is 14.5. The minimum Gasteiger partial charge on any atom is -0.456 e. The molecule has 0 spiro atoms. The first-order valence-electron chi connectivity index (χ1n) is 43.2. The third kappa shape index (κ3) is 13.1. The molecule has 20 aromatic rings. The van der Waals surface area contributed by atoms with Gasteiger partial charge in [-0.25, -0.2) is 32.8 Å². The third-order valence-corrected chi connectivity index (χ3v) is 20.1. The van der Waals surface area contributed by atoms with Crippen molar-refractivity contribution in [3.8, 4) is 56.3 Å². The molecule has 15 heterocycles. The SMILES string of the molecule is [2H]C([2H])([2H])c1ccc(-c2c(C)ccc3oc4cccnc4c23)[n+](C)c1.[2H]C([2H])([2H])c1ccc(-c2c(C)ccc3oc4ccncc4c23)[n+](C)c1.[2H]C([2H])([2H])c1ccc(-c2c(C)ccc3oc4cnccc4c23)[n+](C)c1.[2H]C([2H])([2H])c1ccc(-c2c(C)ccc3oc4ncccc4c23)[n+](C)c1.[2H]C([2H])([2H])c1ccc(-c2c(C)cnc3oc4ccccc4c23)[n+](C)c1. The lowest BCUT2D eigenvalue weighted by Gasteiger charge is -2.06. The van der Waals surface area contributed by atoms with Crippen LogP contribution in [0.2, 0.25) is 0 Å². The predicted octanol–water partition coefficient (Wildman–Crippen LogP) is 20.4. The number of benzene rings is 5. The molecule has 0 N–H and O–H groups in total. The van der Waals surface area contributed by atoms with E-state index >= 15 is 0 Å². The first kappa shape index (κ1) is 55.1. The smallest absolute Gasteiger partial charge is 0.228 e. The van der Waals surface area contributed by atoms with Crippen LogP contribution in [0.3, 0.4) is 0 Å². The predicted molar refractivity (Wildman–Crippen MR) is 438 cm³/mol. The van der Waals surface area contributed by atoms with Crippen LogP contribution in [0.25, 0.3) is 166 Å². The average molecular weight is 1460 g/mol. The van der Waals surface area contributed by atoms with Crippen molar-refractivity contribution in [1.29, 1.82) is 0 Å². The summed E-state index contributed by atoms with van der Waals surface area (Å²) in [6.07, 6.45) is 20.6. The van der Waals surface area contributed by atoms with Crippen LogP contribution in [0, 0.1) is 68.9 Å². The van der Waals surface area contributed by atoms with Gasteiger partial charge in [0.1, 0.15) is 74.3 Å². The molecule has 110 heavy (non-hydrogen) atoms. The van der Waals surface area contributed by atoms with E-state index in [4.69, 9.17) is 42.6 Å². The fourth-order valence-corrected chi connectivity index (χ4v) is 15.0. The minimum atomic E-state index is -2.12. The van der Waals surface area contributed by atoms with E-state index in [9.17, 15) is 0 Å². The summed E-state index contributed by atoms with van der Waals surface area (Å²) >= 11 is 0. The number of hydrogen-bond donors (Lipinski definition) is 0. The van der Waals surface area contributed by atoms with Crippen LogP contribution in [0.1, 0.15) is 76.2 Å². The molecule has 0 bridgehead atoms. The number of para-hydroxylation sites is 1. The van der Waals surface area contributed by atoms with Crippen molar-refractivity contribution in [2.45, 2.75) is 68.9 Å². The van der Waals surface area contributed by atoms with Crippen molar-refractivity contribution in [1.82, 2.24) is 24.9 Å². The summed E-state index contributed by atoms with van der Waals surface area (Å²) in [4.78, 5) is 21.6. The number of furan rings is 5. The molecule has 0 aliphatic rings. The summed E-state index contributed by atoms with van der Waals surface area (Å²) < 4.78 is 153. The molecule has 540 valence electrons. The fraction of sp³-hybridized carbons (Fsp3) is 0.158. The second kappa shape index (κ2) is 29.1. The fourth-order valence-electron chi connectivity index (χ4n) is 15.0. The van der Waals surface area contributed by atoms with E-state index in [0.29, 0.717) is 39.2 Å². The van der Waals surface area contributed by atoms with Crippen molar-refractivity contribution in [2.75, 3.05) is 0 Å². The van der Waals surface area contributed by atoms with Gasteiger partial charge < -0.3 is 22.1 Å². The van der Waals surface area contributed by atoms with Gasteiger partial charge in [0.15, 0.2) is 42.2 Å². The maximum absolute atomic E-state index is 7.60. The Hall–Kier alpha value is -13.4. The number of aromatic nitrogens is 10. The number of pyridine rings is 10. The summed E-state index contributed by atoms with van der Waals surface area (Å²) in [5, 5.41) is 8.84. The van der Waals surface area contributed by atoms with Gasteiger partial charge in [-0.3, -0.25) is 15.0 Å². The molecule has 0 saturated heterocycles. The molecule has 0 radical (unpaired) electrons. The minimum absolute atomic E-state index is 0.318. The van der Waals surface area contributed by atoms with Gasteiger partial charge in [0.25, 0.3) is 0 Å². The Morgan fingerprint density at radius 2 is 0.645 bits per heavy atom. The van der Waals surface area contributed by atoms with E-state index in [0.717, 1.165) is 183 Å². The maximum atomic E-state index is 7.60. The highest BCUT2D eigenvalue weighted by Gasteiger charge is 2.27. The topological polar surface area (TPSA) is 150 Å². The zero-order valence-electron chi connectivity index (χ0n) is 77.1. The van der Waals surface area contributed by atoms with Crippen molar-refractivity contribution < 1.29 is 65.5 Å². The van der Waals surface area contributed by atoms with E-state index in [2.05, 4.69) is 24.9 Å². The summed E-state index contributed by atoms with van der Waals surface area (Å²) in [7, 11) is 9.32. The van der Waals surface area contributed by atoms with Crippen LogP contribution >= 0.6 is 0 Å². The third-order valence-electron chi connectivity index (χ3n) is 20.1. The number of hydrogen-bond acceptors (Lipinski definition) is 10. The van der Waals surface area contributed by atoms with Crippen LogP contribution < -0.4 is 22.8 Å². The molecule has 0 unspecified atom stereocenters. The molecule has 15 nitrogen and oxygen atoms in total. The van der Waals surface area contributed by atoms with Gasteiger partial charge in [-0.1, -0.05) is 42.5 Å². The summed E-state index contributed by atoms with van der Waals surface area (Å²) in [6.45, 7) is -0.438. The molecule has 15 heteroatoms. The Bertz CT molecular complexity index is 6610. The largest absolute Gasteiger partial charge is 0.456 e. The molecule has 0 atom stereocenters. The highest BCUT2D eigenvalue weighted by molar-refractivity contribution is 6.15. The van der Waals surface area contributed by atoms with E-state index in [1.807, 2.05) is 232 Å². The maximum Gasteiger partial charge on any atom is 0.228 e. The number of rotatable bonds is 5. The number of fused-ring (bicyclic) bond motifs is 15. The number of nitrogens with zero attached hydrogens (tertiary/aromatic N) is 10. The van der Waals surface area contributed by atoms with Crippen molar-refractivity contribution in [3.05, 3.63) is 300 Å². The molecule has 0 saturated carbocycles. The normalized spacial score (nSPS) is 14.0. The molecule has 5 aromatic carbocycles. The Morgan fingerprint density at radius 1 is 0.264 bits per heavy atom. The van der Waals surface area contributed by atoms with Crippen LogP contribution in [0.4, 0.5) is 0 Å². The highest BCUT2D eigenvalue weighted by Crippen LogP contribution is 2.43. The molecule has 0 aliphatic heterocycles.